The fourth-order valence-electron chi connectivity index (χ4n) is 3.10. The Morgan fingerprint density at radius 2 is 2.07 bits per heavy atom. The van der Waals surface area contributed by atoms with Crippen LogP contribution in [0.4, 0.5) is 0 Å². The highest BCUT2D eigenvalue weighted by Gasteiger charge is 2.33. The van der Waals surface area contributed by atoms with Crippen molar-refractivity contribution in [2.45, 2.75) is 20.5 Å². The molecule has 2 aliphatic rings. The van der Waals surface area contributed by atoms with Gasteiger partial charge in [-0.3, -0.25) is 15.1 Å². The maximum atomic E-state index is 12.4. The number of carbonyl (C=O) groups excluding carboxylic acids is 1. The standard InChI is InChI=1S/C22H18ClN3O2S/c1-13-4-3-5-16(8-13)11-28-19-7-6-15(10-18(19)23)9-17-20(24)26-14(2)12-29-22(26)25-21(17)27/h3-10,12,24H,11H2,1-2H3/b17-9+,24-20?. The normalized spacial score (nSPS) is 17.3. The SMILES string of the molecule is CC1=CSC2=NC(=O)/C(=C/c3ccc(OCc4cccc(C)c4)c(Cl)c3)C(=N)N12. The Bertz CT molecular complexity index is 1120. The van der Waals surface area contributed by atoms with E-state index >= 15 is 0 Å². The minimum Gasteiger partial charge on any atom is -0.487 e. The Labute approximate surface area is 178 Å². The van der Waals surface area contributed by atoms with Crippen LogP contribution in [0, 0.1) is 12.3 Å². The number of rotatable bonds is 4. The van der Waals surface area contributed by atoms with E-state index in [9.17, 15) is 4.79 Å². The largest absolute Gasteiger partial charge is 0.487 e. The van der Waals surface area contributed by atoms with Gasteiger partial charge >= 0.3 is 0 Å². The summed E-state index contributed by atoms with van der Waals surface area (Å²) in [6.45, 7) is 4.34. The van der Waals surface area contributed by atoms with E-state index in [-0.39, 0.29) is 11.4 Å². The summed E-state index contributed by atoms with van der Waals surface area (Å²) >= 11 is 7.73. The summed E-state index contributed by atoms with van der Waals surface area (Å²) in [5, 5.41) is 11.2. The number of allylic oxidation sites excluding steroid dienone is 1. The van der Waals surface area contributed by atoms with Crippen molar-refractivity contribution >= 4 is 46.3 Å². The number of hydrogen-bond acceptors (Lipinski definition) is 4. The van der Waals surface area contributed by atoms with Crippen molar-refractivity contribution in [1.82, 2.24) is 4.90 Å². The lowest BCUT2D eigenvalue weighted by Gasteiger charge is -2.25. The van der Waals surface area contributed by atoms with E-state index in [0.29, 0.717) is 28.1 Å². The van der Waals surface area contributed by atoms with Crippen molar-refractivity contribution in [3.8, 4) is 5.75 Å². The molecule has 2 aromatic rings. The van der Waals surface area contributed by atoms with Gasteiger partial charge in [-0.2, -0.15) is 4.99 Å². The molecule has 0 bridgehead atoms. The van der Waals surface area contributed by atoms with Gasteiger partial charge in [0.1, 0.15) is 18.2 Å². The number of fused-ring (bicyclic) bond motifs is 1. The number of nitrogens with zero attached hydrogens (tertiary/aromatic N) is 2. The number of benzene rings is 2. The first kappa shape index (κ1) is 19.5. The minimum atomic E-state index is -0.423. The molecule has 146 valence electrons. The molecule has 1 amide bonds. The Hall–Kier alpha value is -2.83. The zero-order chi connectivity index (χ0) is 20.5. The molecule has 0 spiro atoms. The predicted molar refractivity (Wildman–Crippen MR) is 118 cm³/mol. The van der Waals surface area contributed by atoms with E-state index in [0.717, 1.165) is 11.3 Å². The zero-order valence-corrected chi connectivity index (χ0v) is 17.5. The van der Waals surface area contributed by atoms with Gasteiger partial charge in [-0.1, -0.05) is 59.3 Å². The molecule has 0 saturated heterocycles. The molecule has 7 heteroatoms. The van der Waals surface area contributed by atoms with Crippen LogP contribution in [0.1, 0.15) is 23.6 Å². The number of carbonyl (C=O) groups is 1. The molecule has 0 aliphatic carbocycles. The molecule has 4 rings (SSSR count). The predicted octanol–water partition coefficient (Wildman–Crippen LogP) is 5.39. The molecule has 0 radical (unpaired) electrons. The first-order valence-corrected chi connectivity index (χ1v) is 10.2. The van der Waals surface area contributed by atoms with E-state index in [4.69, 9.17) is 21.7 Å². The van der Waals surface area contributed by atoms with Gasteiger partial charge in [0, 0.05) is 5.70 Å². The third kappa shape index (κ3) is 3.99. The van der Waals surface area contributed by atoms with Crippen molar-refractivity contribution < 1.29 is 9.53 Å². The van der Waals surface area contributed by atoms with Crippen LogP contribution in [0.15, 0.2) is 64.1 Å². The minimum absolute atomic E-state index is 0.120. The number of nitrogens with one attached hydrogen (secondary N) is 1. The highest BCUT2D eigenvalue weighted by Crippen LogP contribution is 2.33. The average molecular weight is 424 g/mol. The lowest BCUT2D eigenvalue weighted by Crippen LogP contribution is -2.37. The summed E-state index contributed by atoms with van der Waals surface area (Å²) in [6.07, 6.45) is 1.64. The second-order valence-corrected chi connectivity index (χ2v) is 8.03. The van der Waals surface area contributed by atoms with Crippen LogP contribution in [-0.2, 0) is 11.4 Å². The Morgan fingerprint density at radius 1 is 1.24 bits per heavy atom. The van der Waals surface area contributed by atoms with Crippen LogP contribution < -0.4 is 4.74 Å². The van der Waals surface area contributed by atoms with Crippen LogP contribution in [0.25, 0.3) is 6.08 Å². The summed E-state index contributed by atoms with van der Waals surface area (Å²) in [6, 6.07) is 13.4. The number of amidine groups is 2. The van der Waals surface area contributed by atoms with E-state index in [1.807, 2.05) is 43.5 Å². The molecule has 5 nitrogen and oxygen atoms in total. The molecule has 0 saturated carbocycles. The number of aryl methyl sites for hydroxylation is 1. The van der Waals surface area contributed by atoms with Crippen molar-refractivity contribution in [3.05, 3.63) is 80.9 Å². The number of hydrogen-bond donors (Lipinski definition) is 1. The maximum absolute atomic E-state index is 12.4. The molecule has 29 heavy (non-hydrogen) atoms. The molecule has 2 aromatic carbocycles. The fourth-order valence-corrected chi connectivity index (χ4v) is 4.20. The van der Waals surface area contributed by atoms with Crippen LogP contribution in [-0.4, -0.2) is 21.8 Å². The molecule has 0 fully saturated rings. The quantitative estimate of drug-likeness (QED) is 0.669. The van der Waals surface area contributed by atoms with Crippen molar-refractivity contribution in [3.63, 3.8) is 0 Å². The van der Waals surface area contributed by atoms with Crippen molar-refractivity contribution in [1.29, 1.82) is 5.41 Å². The fraction of sp³-hybridized carbons (Fsp3) is 0.136. The van der Waals surface area contributed by atoms with Gasteiger partial charge < -0.3 is 4.74 Å². The summed E-state index contributed by atoms with van der Waals surface area (Å²) in [5.41, 5.74) is 4.04. The molecule has 2 aliphatic heterocycles. The second kappa shape index (κ2) is 7.89. The van der Waals surface area contributed by atoms with Crippen LogP contribution >= 0.6 is 23.4 Å². The third-order valence-electron chi connectivity index (χ3n) is 4.53. The Balaban J connectivity index is 1.54. The van der Waals surface area contributed by atoms with Gasteiger partial charge in [-0.25, -0.2) is 0 Å². The van der Waals surface area contributed by atoms with Gasteiger partial charge in [0.25, 0.3) is 5.91 Å². The lowest BCUT2D eigenvalue weighted by molar-refractivity contribution is -0.114. The van der Waals surface area contributed by atoms with Gasteiger partial charge in [-0.05, 0) is 48.6 Å². The first-order chi connectivity index (χ1) is 13.9. The smallest absolute Gasteiger partial charge is 0.283 e. The van der Waals surface area contributed by atoms with E-state index < -0.39 is 5.91 Å². The second-order valence-electron chi connectivity index (χ2n) is 6.79. The van der Waals surface area contributed by atoms with Crippen molar-refractivity contribution in [2.24, 2.45) is 4.99 Å². The van der Waals surface area contributed by atoms with E-state index in [2.05, 4.69) is 11.1 Å². The maximum Gasteiger partial charge on any atom is 0.283 e. The van der Waals surface area contributed by atoms with E-state index in [1.165, 1.54) is 17.3 Å². The summed E-state index contributed by atoms with van der Waals surface area (Å²) in [5.74, 6) is 0.262. The summed E-state index contributed by atoms with van der Waals surface area (Å²) in [7, 11) is 0. The number of ether oxygens (including phenoxy) is 1. The third-order valence-corrected chi connectivity index (χ3v) is 5.77. The van der Waals surface area contributed by atoms with Crippen molar-refractivity contribution in [2.75, 3.05) is 0 Å². The first-order valence-electron chi connectivity index (χ1n) is 8.97. The van der Waals surface area contributed by atoms with Gasteiger partial charge in [-0.15, -0.1) is 0 Å². The van der Waals surface area contributed by atoms with Crippen LogP contribution in [0.5, 0.6) is 5.75 Å². The lowest BCUT2D eigenvalue weighted by atomic mass is 10.1. The Kier molecular flexibility index (Phi) is 5.30. The molecule has 0 unspecified atom stereocenters. The summed E-state index contributed by atoms with van der Waals surface area (Å²) in [4.78, 5) is 18.1. The molecule has 2 heterocycles. The number of thioether (sulfide) groups is 1. The van der Waals surface area contributed by atoms with Crippen LogP contribution in [0.3, 0.4) is 0 Å². The summed E-state index contributed by atoms with van der Waals surface area (Å²) < 4.78 is 5.83. The average Bonchev–Trinajstić information content (AvgIpc) is 3.05. The number of halogens is 1. The molecule has 0 aromatic heterocycles. The van der Waals surface area contributed by atoms with E-state index in [1.54, 1.807) is 23.1 Å². The number of aliphatic imine (C=N–C) groups is 1. The highest BCUT2D eigenvalue weighted by atomic mass is 35.5. The van der Waals surface area contributed by atoms with Gasteiger partial charge in [0.05, 0.1) is 10.6 Å². The molecular formula is C22H18ClN3O2S. The molecule has 1 N–H and O–H groups in total. The highest BCUT2D eigenvalue weighted by molar-refractivity contribution is 8.16. The zero-order valence-electron chi connectivity index (χ0n) is 15.9. The molecular weight excluding hydrogens is 406 g/mol. The molecule has 0 atom stereocenters. The monoisotopic (exact) mass is 423 g/mol. The van der Waals surface area contributed by atoms with Gasteiger partial charge in [0.2, 0.25) is 0 Å². The van der Waals surface area contributed by atoms with Gasteiger partial charge in [0.15, 0.2) is 5.17 Å². The van der Waals surface area contributed by atoms with Crippen LogP contribution in [0.2, 0.25) is 5.02 Å². The number of amides is 1. The Morgan fingerprint density at radius 3 is 2.83 bits per heavy atom. The topological polar surface area (TPSA) is 65.8 Å².